The first-order valence-corrected chi connectivity index (χ1v) is 7.73. The van der Waals surface area contributed by atoms with Crippen molar-refractivity contribution in [3.63, 3.8) is 0 Å². The van der Waals surface area contributed by atoms with Gasteiger partial charge in [0.2, 0.25) is 5.91 Å². The number of rotatable bonds is 4. The van der Waals surface area contributed by atoms with Crippen molar-refractivity contribution >= 4 is 11.8 Å². The van der Waals surface area contributed by atoms with E-state index in [4.69, 9.17) is 4.74 Å². The van der Waals surface area contributed by atoms with Gasteiger partial charge in [-0.15, -0.1) is 0 Å². The summed E-state index contributed by atoms with van der Waals surface area (Å²) < 4.78 is 5.28. The molecule has 1 unspecified atom stereocenters. The van der Waals surface area contributed by atoms with E-state index in [-0.39, 0.29) is 17.7 Å². The fraction of sp³-hybridized carbons (Fsp3) is 0.529. The summed E-state index contributed by atoms with van der Waals surface area (Å²) in [4.78, 5) is 26.9. The number of carbonyl (C=O) groups is 2. The molecule has 1 heterocycles. The average Bonchev–Trinajstić information content (AvgIpc) is 2.52. The fourth-order valence-corrected chi connectivity index (χ4v) is 2.54. The first-order chi connectivity index (χ1) is 10.5. The van der Waals surface area contributed by atoms with Crippen LogP contribution < -0.4 is 5.32 Å². The number of nitrogens with one attached hydrogen (secondary N) is 1. The number of ether oxygens (including phenoxy) is 1. The van der Waals surface area contributed by atoms with Crippen molar-refractivity contribution in [1.82, 2.24) is 10.2 Å². The predicted octanol–water partition coefficient (Wildman–Crippen LogP) is 1.61. The molecule has 0 bridgehead atoms. The van der Waals surface area contributed by atoms with Crippen LogP contribution in [0.5, 0.6) is 0 Å². The molecular weight excluding hydrogens is 280 g/mol. The monoisotopic (exact) mass is 304 g/mol. The lowest BCUT2D eigenvalue weighted by Gasteiger charge is -2.32. The second-order valence-electron chi connectivity index (χ2n) is 5.95. The molecule has 1 aliphatic rings. The molecule has 5 heteroatoms. The summed E-state index contributed by atoms with van der Waals surface area (Å²) in [5.74, 6) is -0.193. The van der Waals surface area contributed by atoms with Gasteiger partial charge in [0.1, 0.15) is 6.04 Å². The van der Waals surface area contributed by atoms with Crippen LogP contribution in [0.15, 0.2) is 24.3 Å². The molecule has 1 aliphatic heterocycles. The molecule has 0 aromatic heterocycles. The van der Waals surface area contributed by atoms with Gasteiger partial charge < -0.3 is 15.0 Å². The second-order valence-corrected chi connectivity index (χ2v) is 5.95. The number of carbonyl (C=O) groups excluding carboxylic acids is 2. The van der Waals surface area contributed by atoms with Crippen LogP contribution in [0.2, 0.25) is 0 Å². The number of benzene rings is 1. The fourth-order valence-electron chi connectivity index (χ4n) is 2.54. The van der Waals surface area contributed by atoms with E-state index in [1.165, 1.54) is 0 Å². The minimum atomic E-state index is -0.509. The predicted molar refractivity (Wildman–Crippen MR) is 84.7 cm³/mol. The Hall–Kier alpha value is -1.88. The van der Waals surface area contributed by atoms with Crippen LogP contribution in [-0.2, 0) is 9.53 Å². The maximum absolute atomic E-state index is 12.6. The second kappa shape index (κ2) is 7.40. The molecule has 1 N–H and O–H groups in total. The largest absolute Gasteiger partial charge is 0.378 e. The molecule has 2 amide bonds. The number of aryl methyl sites for hydroxylation is 1. The third kappa shape index (κ3) is 3.85. The lowest BCUT2D eigenvalue weighted by molar-refractivity contribution is -0.138. The molecule has 22 heavy (non-hydrogen) atoms. The molecule has 2 rings (SSSR count). The summed E-state index contributed by atoms with van der Waals surface area (Å²) in [7, 11) is 0. The van der Waals surface area contributed by atoms with Crippen LogP contribution in [0.3, 0.4) is 0 Å². The van der Waals surface area contributed by atoms with Crippen LogP contribution >= 0.6 is 0 Å². The van der Waals surface area contributed by atoms with Crippen LogP contribution in [-0.4, -0.2) is 49.1 Å². The molecule has 0 saturated carbocycles. The van der Waals surface area contributed by atoms with Gasteiger partial charge in [0.05, 0.1) is 13.2 Å². The molecule has 1 fully saturated rings. The van der Waals surface area contributed by atoms with E-state index >= 15 is 0 Å². The van der Waals surface area contributed by atoms with Gasteiger partial charge in [0.25, 0.3) is 5.91 Å². The molecule has 120 valence electrons. The van der Waals surface area contributed by atoms with E-state index in [9.17, 15) is 9.59 Å². The van der Waals surface area contributed by atoms with Crippen molar-refractivity contribution < 1.29 is 14.3 Å². The van der Waals surface area contributed by atoms with Crippen LogP contribution in [0.25, 0.3) is 0 Å². The Balaban J connectivity index is 2.10. The van der Waals surface area contributed by atoms with Gasteiger partial charge in [-0.3, -0.25) is 9.59 Å². The molecule has 0 aliphatic carbocycles. The van der Waals surface area contributed by atoms with Gasteiger partial charge in [-0.25, -0.2) is 0 Å². The summed E-state index contributed by atoms with van der Waals surface area (Å²) in [6.45, 7) is 8.07. The standard InChI is InChI=1S/C17H24N2O3/c1-12(2)15(17(21)19-8-10-22-11-9-19)18-16(20)14-7-5-4-6-13(14)3/h4-7,12,15H,8-11H2,1-3H3,(H,18,20). The summed E-state index contributed by atoms with van der Waals surface area (Å²) >= 11 is 0. The zero-order valence-corrected chi connectivity index (χ0v) is 13.5. The zero-order chi connectivity index (χ0) is 16.1. The minimum absolute atomic E-state index is 0.0276. The van der Waals surface area contributed by atoms with Gasteiger partial charge >= 0.3 is 0 Å². The van der Waals surface area contributed by atoms with Crippen LogP contribution in [0.1, 0.15) is 29.8 Å². The molecule has 1 atom stereocenters. The number of hydrogen-bond acceptors (Lipinski definition) is 3. The SMILES string of the molecule is Cc1ccccc1C(=O)NC(C(=O)N1CCOCC1)C(C)C. The van der Waals surface area contributed by atoms with Crippen molar-refractivity contribution in [2.24, 2.45) is 5.92 Å². The highest BCUT2D eigenvalue weighted by Crippen LogP contribution is 2.12. The highest BCUT2D eigenvalue weighted by Gasteiger charge is 2.30. The van der Waals surface area contributed by atoms with Gasteiger partial charge in [0, 0.05) is 18.7 Å². The van der Waals surface area contributed by atoms with E-state index in [1.807, 2.05) is 39.0 Å². The van der Waals surface area contributed by atoms with E-state index in [0.29, 0.717) is 31.9 Å². The van der Waals surface area contributed by atoms with Crippen molar-refractivity contribution in [3.05, 3.63) is 35.4 Å². The van der Waals surface area contributed by atoms with Crippen molar-refractivity contribution in [1.29, 1.82) is 0 Å². The van der Waals surface area contributed by atoms with E-state index < -0.39 is 6.04 Å². The van der Waals surface area contributed by atoms with Crippen molar-refractivity contribution in [2.75, 3.05) is 26.3 Å². The first kappa shape index (κ1) is 16.5. The summed E-state index contributed by atoms with van der Waals surface area (Å²) in [6.07, 6.45) is 0. The Morgan fingerprint density at radius 3 is 2.41 bits per heavy atom. The molecule has 1 aromatic carbocycles. The summed E-state index contributed by atoms with van der Waals surface area (Å²) in [5.41, 5.74) is 1.52. The van der Waals surface area contributed by atoms with E-state index in [0.717, 1.165) is 5.56 Å². The van der Waals surface area contributed by atoms with Gasteiger partial charge in [-0.1, -0.05) is 32.0 Å². The Morgan fingerprint density at radius 2 is 1.82 bits per heavy atom. The highest BCUT2D eigenvalue weighted by atomic mass is 16.5. The number of hydrogen-bond donors (Lipinski definition) is 1. The van der Waals surface area contributed by atoms with Crippen molar-refractivity contribution in [2.45, 2.75) is 26.8 Å². The number of amides is 2. The van der Waals surface area contributed by atoms with Crippen LogP contribution in [0, 0.1) is 12.8 Å². The molecule has 1 aromatic rings. The third-order valence-electron chi connectivity index (χ3n) is 3.93. The molecular formula is C17H24N2O3. The maximum Gasteiger partial charge on any atom is 0.252 e. The maximum atomic E-state index is 12.6. The van der Waals surface area contributed by atoms with Gasteiger partial charge in [0.15, 0.2) is 0 Å². The Bertz CT molecular complexity index is 536. The smallest absolute Gasteiger partial charge is 0.252 e. The first-order valence-electron chi connectivity index (χ1n) is 7.73. The van der Waals surface area contributed by atoms with E-state index in [2.05, 4.69) is 5.32 Å². The van der Waals surface area contributed by atoms with E-state index in [1.54, 1.807) is 11.0 Å². The van der Waals surface area contributed by atoms with Crippen molar-refractivity contribution in [3.8, 4) is 0 Å². The van der Waals surface area contributed by atoms with Gasteiger partial charge in [-0.2, -0.15) is 0 Å². The molecule has 5 nitrogen and oxygen atoms in total. The van der Waals surface area contributed by atoms with Crippen LogP contribution in [0.4, 0.5) is 0 Å². The summed E-state index contributed by atoms with van der Waals surface area (Å²) in [5, 5.41) is 2.90. The lowest BCUT2D eigenvalue weighted by atomic mass is 10.0. The van der Waals surface area contributed by atoms with Gasteiger partial charge in [-0.05, 0) is 24.5 Å². The Kier molecular flexibility index (Phi) is 5.55. The molecule has 0 spiro atoms. The number of morpholine rings is 1. The average molecular weight is 304 g/mol. The zero-order valence-electron chi connectivity index (χ0n) is 13.5. The third-order valence-corrected chi connectivity index (χ3v) is 3.93. The Labute approximate surface area is 131 Å². The topological polar surface area (TPSA) is 58.6 Å². The Morgan fingerprint density at radius 1 is 1.18 bits per heavy atom. The molecule has 1 saturated heterocycles. The summed E-state index contributed by atoms with van der Waals surface area (Å²) in [6, 6.07) is 6.89. The minimum Gasteiger partial charge on any atom is -0.378 e. The normalized spacial score (nSPS) is 16.5. The number of nitrogens with zero attached hydrogens (tertiary/aromatic N) is 1. The quantitative estimate of drug-likeness (QED) is 0.919. The highest BCUT2D eigenvalue weighted by molar-refractivity contribution is 5.98. The molecule has 0 radical (unpaired) electrons. The lowest BCUT2D eigenvalue weighted by Crippen LogP contribution is -2.53.